The first-order valence-corrected chi connectivity index (χ1v) is 11.3. The molecule has 0 aliphatic heterocycles. The molecule has 2 amide bonds. The van der Waals surface area contributed by atoms with Crippen LogP contribution in [0.2, 0.25) is 0 Å². The monoisotopic (exact) mass is 436 g/mol. The Morgan fingerprint density at radius 2 is 1.86 bits per heavy atom. The van der Waals surface area contributed by atoms with Gasteiger partial charge in [0.25, 0.3) is 5.91 Å². The third-order valence-electron chi connectivity index (χ3n) is 3.60. The average molecular weight is 437 g/mol. The molecule has 0 unspecified atom stereocenters. The summed E-state index contributed by atoms with van der Waals surface area (Å²) in [6.07, 6.45) is 0.0701. The van der Waals surface area contributed by atoms with Crippen LogP contribution >= 0.6 is 22.7 Å². The van der Waals surface area contributed by atoms with Gasteiger partial charge in [-0.25, -0.2) is 18.5 Å². The Hall–Kier alpha value is -2.60. The molecule has 0 bridgehead atoms. The molecule has 146 valence electrons. The summed E-state index contributed by atoms with van der Waals surface area (Å²) in [6.45, 7) is 0.246. The molecule has 0 saturated carbocycles. The second-order valence-electron chi connectivity index (χ2n) is 5.72. The second kappa shape index (κ2) is 8.61. The standard InChI is InChI=1S/C17H16N4O4S3/c18-28(24,25)13-5-3-11(4-6-13)9-19-15(22)8-12-10-27-17(20-12)21-16(23)14-2-1-7-26-14/h1-7,10H,8-9H2,(H,19,22)(H2,18,24,25)(H,20,21,23). The van der Waals surface area contributed by atoms with Crippen molar-refractivity contribution in [3.63, 3.8) is 0 Å². The average Bonchev–Trinajstić information content (AvgIpc) is 3.32. The molecule has 3 rings (SSSR count). The van der Waals surface area contributed by atoms with Crippen molar-refractivity contribution in [2.45, 2.75) is 17.9 Å². The van der Waals surface area contributed by atoms with Crippen LogP contribution in [0.5, 0.6) is 0 Å². The number of sulfonamides is 1. The van der Waals surface area contributed by atoms with E-state index in [4.69, 9.17) is 5.14 Å². The number of hydrogen-bond donors (Lipinski definition) is 3. The minimum atomic E-state index is -3.74. The Kier molecular flexibility index (Phi) is 6.19. The van der Waals surface area contributed by atoms with Crippen LogP contribution in [0.1, 0.15) is 20.9 Å². The topological polar surface area (TPSA) is 131 Å². The number of nitrogens with two attached hydrogens (primary N) is 1. The fourth-order valence-corrected chi connectivity index (χ4v) is 4.08. The lowest BCUT2D eigenvalue weighted by molar-refractivity contribution is -0.120. The van der Waals surface area contributed by atoms with Gasteiger partial charge >= 0.3 is 0 Å². The molecule has 2 aromatic heterocycles. The van der Waals surface area contributed by atoms with E-state index in [9.17, 15) is 18.0 Å². The molecule has 0 radical (unpaired) electrons. The number of amides is 2. The van der Waals surface area contributed by atoms with E-state index in [1.54, 1.807) is 29.6 Å². The number of benzene rings is 1. The highest BCUT2D eigenvalue weighted by Gasteiger charge is 2.12. The summed E-state index contributed by atoms with van der Waals surface area (Å²) in [7, 11) is -3.74. The first-order chi connectivity index (χ1) is 13.3. The molecule has 2 heterocycles. The van der Waals surface area contributed by atoms with E-state index < -0.39 is 10.0 Å². The summed E-state index contributed by atoms with van der Waals surface area (Å²) in [6, 6.07) is 9.46. The zero-order valence-electron chi connectivity index (χ0n) is 14.4. The molecule has 0 saturated heterocycles. The van der Waals surface area contributed by atoms with Gasteiger partial charge in [0.15, 0.2) is 5.13 Å². The molecule has 0 aliphatic rings. The number of carbonyl (C=O) groups excluding carboxylic acids is 2. The summed E-state index contributed by atoms with van der Waals surface area (Å²) >= 11 is 2.58. The largest absolute Gasteiger partial charge is 0.352 e. The molecule has 0 atom stereocenters. The van der Waals surface area contributed by atoms with Gasteiger partial charge in [-0.05, 0) is 29.1 Å². The molecule has 3 aromatic rings. The van der Waals surface area contributed by atoms with E-state index in [-0.39, 0.29) is 29.7 Å². The SMILES string of the molecule is NS(=O)(=O)c1ccc(CNC(=O)Cc2csc(NC(=O)c3cccs3)n2)cc1. The van der Waals surface area contributed by atoms with Gasteiger partial charge in [-0.15, -0.1) is 22.7 Å². The summed E-state index contributed by atoms with van der Waals surface area (Å²) < 4.78 is 22.5. The van der Waals surface area contributed by atoms with Gasteiger partial charge in [0.2, 0.25) is 15.9 Å². The van der Waals surface area contributed by atoms with E-state index in [2.05, 4.69) is 15.6 Å². The highest BCUT2D eigenvalue weighted by Crippen LogP contribution is 2.18. The van der Waals surface area contributed by atoms with Crippen LogP contribution in [-0.2, 0) is 27.8 Å². The predicted molar refractivity (Wildman–Crippen MR) is 108 cm³/mol. The van der Waals surface area contributed by atoms with Crippen LogP contribution < -0.4 is 15.8 Å². The molecule has 0 aliphatic carbocycles. The van der Waals surface area contributed by atoms with Gasteiger partial charge < -0.3 is 5.32 Å². The van der Waals surface area contributed by atoms with Crippen LogP contribution in [0, 0.1) is 0 Å². The predicted octanol–water partition coefficient (Wildman–Crippen LogP) is 1.96. The minimum absolute atomic E-state index is 0.0159. The fraction of sp³-hybridized carbons (Fsp3) is 0.118. The van der Waals surface area contributed by atoms with Gasteiger partial charge in [-0.3, -0.25) is 14.9 Å². The quantitative estimate of drug-likeness (QED) is 0.521. The highest BCUT2D eigenvalue weighted by molar-refractivity contribution is 7.89. The van der Waals surface area contributed by atoms with Gasteiger partial charge in [0.05, 0.1) is 21.9 Å². The lowest BCUT2D eigenvalue weighted by Gasteiger charge is -2.05. The number of thiophene rings is 1. The van der Waals surface area contributed by atoms with E-state index >= 15 is 0 Å². The number of aromatic nitrogens is 1. The van der Waals surface area contributed by atoms with E-state index in [0.717, 1.165) is 5.56 Å². The molecule has 0 spiro atoms. The third-order valence-corrected chi connectivity index (χ3v) is 6.20. The van der Waals surface area contributed by atoms with Gasteiger partial charge in [-0.2, -0.15) is 0 Å². The van der Waals surface area contributed by atoms with Crippen LogP contribution in [0.3, 0.4) is 0 Å². The van der Waals surface area contributed by atoms with Gasteiger partial charge in [0.1, 0.15) is 0 Å². The van der Waals surface area contributed by atoms with E-state index in [1.807, 2.05) is 5.38 Å². The van der Waals surface area contributed by atoms with Crippen molar-refractivity contribution in [1.82, 2.24) is 10.3 Å². The lowest BCUT2D eigenvalue weighted by atomic mass is 10.2. The Morgan fingerprint density at radius 1 is 1.11 bits per heavy atom. The number of anilines is 1. The van der Waals surface area contributed by atoms with Crippen molar-refractivity contribution in [2.24, 2.45) is 5.14 Å². The van der Waals surface area contributed by atoms with Crippen LogP contribution in [-0.4, -0.2) is 25.2 Å². The number of nitrogens with one attached hydrogen (secondary N) is 2. The van der Waals surface area contributed by atoms with E-state index in [0.29, 0.717) is 15.7 Å². The number of rotatable bonds is 7. The van der Waals surface area contributed by atoms with Crippen molar-refractivity contribution < 1.29 is 18.0 Å². The minimum Gasteiger partial charge on any atom is -0.352 e. The first-order valence-electron chi connectivity index (χ1n) is 7.99. The van der Waals surface area contributed by atoms with E-state index in [1.165, 1.54) is 34.8 Å². The zero-order chi connectivity index (χ0) is 20.1. The Morgan fingerprint density at radius 3 is 2.50 bits per heavy atom. The molecular formula is C17H16N4O4S3. The Balaban J connectivity index is 1.50. The molecule has 4 N–H and O–H groups in total. The maximum Gasteiger partial charge on any atom is 0.267 e. The first kappa shape index (κ1) is 20.1. The Bertz CT molecular complexity index is 1070. The third kappa shape index (κ3) is 5.45. The van der Waals surface area contributed by atoms with Gasteiger partial charge in [-0.1, -0.05) is 18.2 Å². The number of nitrogens with zero attached hydrogens (tertiary/aromatic N) is 1. The summed E-state index contributed by atoms with van der Waals surface area (Å²) in [5.41, 5.74) is 1.29. The van der Waals surface area contributed by atoms with Crippen LogP contribution in [0.4, 0.5) is 5.13 Å². The zero-order valence-corrected chi connectivity index (χ0v) is 16.9. The molecule has 1 aromatic carbocycles. The molecular weight excluding hydrogens is 420 g/mol. The van der Waals surface area contributed by atoms with Crippen molar-refractivity contribution in [3.8, 4) is 0 Å². The maximum atomic E-state index is 12.1. The smallest absolute Gasteiger partial charge is 0.267 e. The van der Waals surface area contributed by atoms with Gasteiger partial charge in [0, 0.05) is 11.9 Å². The summed E-state index contributed by atoms with van der Waals surface area (Å²) in [5, 5.41) is 14.4. The normalized spacial score (nSPS) is 11.2. The number of carbonyl (C=O) groups is 2. The van der Waals surface area contributed by atoms with Crippen molar-refractivity contribution in [3.05, 3.63) is 63.3 Å². The van der Waals surface area contributed by atoms with Crippen molar-refractivity contribution in [1.29, 1.82) is 0 Å². The second-order valence-corrected chi connectivity index (χ2v) is 9.09. The summed E-state index contributed by atoms with van der Waals surface area (Å²) in [4.78, 5) is 28.9. The molecule has 11 heteroatoms. The van der Waals surface area contributed by atoms with Crippen LogP contribution in [0.25, 0.3) is 0 Å². The van der Waals surface area contributed by atoms with Crippen molar-refractivity contribution >= 4 is 49.6 Å². The molecule has 28 heavy (non-hydrogen) atoms. The van der Waals surface area contributed by atoms with Crippen LogP contribution in [0.15, 0.2) is 52.1 Å². The highest BCUT2D eigenvalue weighted by atomic mass is 32.2. The fourth-order valence-electron chi connectivity index (χ4n) is 2.24. The maximum absolute atomic E-state index is 12.1. The molecule has 0 fully saturated rings. The lowest BCUT2D eigenvalue weighted by Crippen LogP contribution is -2.24. The molecule has 8 nitrogen and oxygen atoms in total. The Labute approximate surface area is 169 Å². The number of hydrogen-bond acceptors (Lipinski definition) is 7. The summed E-state index contributed by atoms with van der Waals surface area (Å²) in [5.74, 6) is -0.472. The number of thiazole rings is 1. The number of primary sulfonamides is 1. The van der Waals surface area contributed by atoms with Crippen molar-refractivity contribution in [2.75, 3.05) is 5.32 Å².